The van der Waals surface area contributed by atoms with Gasteiger partial charge in [-0.2, -0.15) is 0 Å². The van der Waals surface area contributed by atoms with Gasteiger partial charge in [0.25, 0.3) is 0 Å². The Bertz CT molecular complexity index is 575. The van der Waals surface area contributed by atoms with E-state index in [0.29, 0.717) is 31.1 Å². The molecular weight excluding hydrogens is 302 g/mol. The van der Waals surface area contributed by atoms with Crippen molar-refractivity contribution in [3.05, 3.63) is 24.3 Å². The number of nitrogens with one attached hydrogen (secondary N) is 1. The largest absolute Gasteiger partial charge is 0.493 e. The lowest BCUT2D eigenvalue weighted by atomic mass is 10.0. The highest BCUT2D eigenvalue weighted by Crippen LogP contribution is 2.29. The molecule has 1 fully saturated rings. The number of sulfonamides is 1. The Morgan fingerprint density at radius 2 is 1.82 bits per heavy atom. The van der Waals surface area contributed by atoms with Crippen LogP contribution in [0.4, 0.5) is 0 Å². The summed E-state index contributed by atoms with van der Waals surface area (Å²) in [6.45, 7) is 4.77. The summed E-state index contributed by atoms with van der Waals surface area (Å²) in [5.74, 6) is 1.07. The number of hydrogen-bond donors (Lipinski definition) is 2. The first-order valence-corrected chi connectivity index (χ1v) is 9.24. The molecule has 0 aromatic heterocycles. The Morgan fingerprint density at radius 3 is 2.36 bits per heavy atom. The zero-order valence-corrected chi connectivity index (χ0v) is 14.0. The zero-order valence-electron chi connectivity index (χ0n) is 13.2. The van der Waals surface area contributed by atoms with Crippen molar-refractivity contribution in [2.24, 2.45) is 5.92 Å². The van der Waals surface area contributed by atoms with Gasteiger partial charge in [-0.05, 0) is 43.0 Å². The summed E-state index contributed by atoms with van der Waals surface area (Å²) < 4.78 is 32.5. The first-order chi connectivity index (χ1) is 10.3. The zero-order chi connectivity index (χ0) is 16.2. The molecule has 1 saturated carbocycles. The average Bonchev–Trinajstić information content (AvgIpc) is 2.91. The maximum atomic E-state index is 12.2. The lowest BCUT2D eigenvalue weighted by Gasteiger charge is -2.22. The number of benzene rings is 1. The van der Waals surface area contributed by atoms with E-state index in [2.05, 4.69) is 18.6 Å². The molecule has 124 valence electrons. The van der Waals surface area contributed by atoms with E-state index in [9.17, 15) is 13.5 Å². The molecule has 0 bridgehead atoms. The van der Waals surface area contributed by atoms with Crippen LogP contribution in [0.25, 0.3) is 0 Å². The minimum Gasteiger partial charge on any atom is -0.493 e. The maximum Gasteiger partial charge on any atom is 0.240 e. The molecule has 0 heterocycles. The van der Waals surface area contributed by atoms with Crippen molar-refractivity contribution in [1.29, 1.82) is 0 Å². The summed E-state index contributed by atoms with van der Waals surface area (Å²) in [4.78, 5) is 0.186. The fraction of sp³-hybridized carbons (Fsp3) is 0.625. The molecule has 0 aliphatic heterocycles. The van der Waals surface area contributed by atoms with Gasteiger partial charge in [-0.25, -0.2) is 13.1 Å². The minimum absolute atomic E-state index is 0.0704. The Kier molecular flexibility index (Phi) is 5.47. The van der Waals surface area contributed by atoms with Crippen LogP contribution in [-0.4, -0.2) is 32.3 Å². The summed E-state index contributed by atoms with van der Waals surface area (Å²) in [6.07, 6.45) is 3.19. The number of aliphatic hydroxyl groups is 1. The quantitative estimate of drug-likeness (QED) is 0.806. The number of hydrogen-bond acceptors (Lipinski definition) is 4. The van der Waals surface area contributed by atoms with E-state index in [1.807, 2.05) is 0 Å². The van der Waals surface area contributed by atoms with Gasteiger partial charge in [0.15, 0.2) is 0 Å². The Hall–Kier alpha value is -1.11. The molecule has 0 unspecified atom stereocenters. The van der Waals surface area contributed by atoms with Crippen LogP contribution in [0.3, 0.4) is 0 Å². The van der Waals surface area contributed by atoms with E-state index in [4.69, 9.17) is 4.74 Å². The third kappa shape index (κ3) is 4.69. The summed E-state index contributed by atoms with van der Waals surface area (Å²) in [5.41, 5.74) is -0.895. The molecule has 0 amide bonds. The standard InChI is InChI=1S/C16H25NO4S/c1-13(2)11-21-14-5-7-15(8-6-14)22(19,20)17-12-16(18)9-3-4-10-16/h5-8,13,17-18H,3-4,9-12H2,1-2H3. The van der Waals surface area contributed by atoms with Crippen molar-refractivity contribution >= 4 is 10.0 Å². The second kappa shape index (κ2) is 6.98. The number of rotatable bonds is 7. The van der Waals surface area contributed by atoms with Gasteiger partial charge in [0.1, 0.15) is 5.75 Å². The second-order valence-corrected chi connectivity index (χ2v) is 8.20. The smallest absolute Gasteiger partial charge is 0.240 e. The highest BCUT2D eigenvalue weighted by atomic mass is 32.2. The van der Waals surface area contributed by atoms with Gasteiger partial charge in [-0.3, -0.25) is 0 Å². The maximum absolute atomic E-state index is 12.2. The van der Waals surface area contributed by atoms with Gasteiger partial charge in [0, 0.05) is 6.54 Å². The molecule has 5 nitrogen and oxygen atoms in total. The van der Waals surface area contributed by atoms with Gasteiger partial charge in [-0.1, -0.05) is 26.7 Å². The average molecular weight is 327 g/mol. The van der Waals surface area contributed by atoms with Crippen molar-refractivity contribution < 1.29 is 18.3 Å². The molecule has 1 aliphatic carbocycles. The summed E-state index contributed by atoms with van der Waals surface area (Å²) in [6, 6.07) is 6.36. The van der Waals surface area contributed by atoms with E-state index < -0.39 is 15.6 Å². The van der Waals surface area contributed by atoms with Crippen LogP contribution in [0.15, 0.2) is 29.2 Å². The van der Waals surface area contributed by atoms with E-state index >= 15 is 0 Å². The molecule has 1 aromatic carbocycles. The SMILES string of the molecule is CC(C)COc1ccc(S(=O)(=O)NCC2(O)CCCC2)cc1. The van der Waals surface area contributed by atoms with E-state index in [1.54, 1.807) is 12.1 Å². The summed E-state index contributed by atoms with van der Waals surface area (Å²) in [7, 11) is -3.60. The number of ether oxygens (including phenoxy) is 1. The second-order valence-electron chi connectivity index (χ2n) is 6.43. The Morgan fingerprint density at radius 1 is 1.23 bits per heavy atom. The van der Waals surface area contributed by atoms with Crippen molar-refractivity contribution in [3.63, 3.8) is 0 Å². The topological polar surface area (TPSA) is 75.6 Å². The molecule has 1 aromatic rings. The third-order valence-corrected chi connectivity index (χ3v) is 5.26. The molecule has 0 spiro atoms. The summed E-state index contributed by atoms with van der Waals surface area (Å²) >= 11 is 0. The highest BCUT2D eigenvalue weighted by molar-refractivity contribution is 7.89. The first kappa shape index (κ1) is 17.2. The highest BCUT2D eigenvalue weighted by Gasteiger charge is 2.32. The predicted molar refractivity (Wildman–Crippen MR) is 85.4 cm³/mol. The lowest BCUT2D eigenvalue weighted by molar-refractivity contribution is 0.0532. The Labute approximate surface area is 132 Å². The van der Waals surface area contributed by atoms with Gasteiger partial charge in [0.2, 0.25) is 10.0 Å². The van der Waals surface area contributed by atoms with Crippen LogP contribution in [0, 0.1) is 5.92 Å². The molecule has 0 atom stereocenters. The predicted octanol–water partition coefficient (Wildman–Crippen LogP) is 2.30. The van der Waals surface area contributed by atoms with E-state index in [-0.39, 0.29) is 11.4 Å². The van der Waals surface area contributed by atoms with E-state index in [1.165, 1.54) is 12.1 Å². The molecule has 1 aliphatic rings. The molecule has 22 heavy (non-hydrogen) atoms. The lowest BCUT2D eigenvalue weighted by Crippen LogP contribution is -2.40. The monoisotopic (exact) mass is 327 g/mol. The summed E-state index contributed by atoms with van der Waals surface area (Å²) in [5, 5.41) is 10.2. The van der Waals surface area contributed by atoms with Crippen LogP contribution in [-0.2, 0) is 10.0 Å². The van der Waals surface area contributed by atoms with Gasteiger partial charge < -0.3 is 9.84 Å². The van der Waals surface area contributed by atoms with Crippen molar-refractivity contribution in [1.82, 2.24) is 4.72 Å². The van der Waals surface area contributed by atoms with Crippen molar-refractivity contribution in [2.75, 3.05) is 13.2 Å². The molecular formula is C16H25NO4S. The first-order valence-electron chi connectivity index (χ1n) is 7.76. The fourth-order valence-corrected chi connectivity index (χ4v) is 3.62. The minimum atomic E-state index is -3.60. The molecule has 2 rings (SSSR count). The fourth-order valence-electron chi connectivity index (χ4n) is 2.50. The van der Waals surface area contributed by atoms with Crippen LogP contribution >= 0.6 is 0 Å². The van der Waals surface area contributed by atoms with Crippen LogP contribution in [0.2, 0.25) is 0 Å². The van der Waals surface area contributed by atoms with Gasteiger partial charge in [-0.15, -0.1) is 0 Å². The van der Waals surface area contributed by atoms with Gasteiger partial charge in [0.05, 0.1) is 17.1 Å². The van der Waals surface area contributed by atoms with Crippen LogP contribution in [0.5, 0.6) is 5.75 Å². The molecule has 0 saturated heterocycles. The third-order valence-electron chi connectivity index (χ3n) is 3.84. The van der Waals surface area contributed by atoms with Crippen LogP contribution in [0.1, 0.15) is 39.5 Å². The van der Waals surface area contributed by atoms with Gasteiger partial charge >= 0.3 is 0 Å². The molecule has 2 N–H and O–H groups in total. The van der Waals surface area contributed by atoms with Crippen molar-refractivity contribution in [2.45, 2.75) is 50.0 Å². The van der Waals surface area contributed by atoms with E-state index in [0.717, 1.165) is 12.8 Å². The molecule has 0 radical (unpaired) electrons. The van der Waals surface area contributed by atoms with Crippen LogP contribution < -0.4 is 9.46 Å². The Balaban J connectivity index is 1.97. The molecule has 6 heteroatoms. The van der Waals surface area contributed by atoms with Crippen molar-refractivity contribution in [3.8, 4) is 5.75 Å². The normalized spacial score (nSPS) is 17.8.